The fourth-order valence-electron chi connectivity index (χ4n) is 3.08. The number of furan rings is 1. The Bertz CT molecular complexity index is 1190. The monoisotopic (exact) mass is 380 g/mol. The first-order valence-electron chi connectivity index (χ1n) is 8.63. The first-order chi connectivity index (χ1) is 13.6. The Kier molecular flexibility index (Phi) is 4.40. The number of hydrogen-bond acceptors (Lipinski definition) is 7. The van der Waals surface area contributed by atoms with Gasteiger partial charge in [0, 0.05) is 23.6 Å². The Morgan fingerprint density at radius 1 is 1.29 bits per heavy atom. The zero-order valence-electron chi connectivity index (χ0n) is 14.9. The second-order valence-corrected chi connectivity index (χ2v) is 5.95. The van der Waals surface area contributed by atoms with Crippen LogP contribution in [0.25, 0.3) is 16.6 Å². The van der Waals surface area contributed by atoms with Gasteiger partial charge < -0.3 is 24.6 Å². The number of nitrogens with zero attached hydrogens (tertiary/aromatic N) is 3. The van der Waals surface area contributed by atoms with E-state index in [1.807, 2.05) is 12.1 Å². The van der Waals surface area contributed by atoms with Gasteiger partial charge in [-0.05, 0) is 24.0 Å². The third-order valence-electron chi connectivity index (χ3n) is 4.27. The topological polar surface area (TPSA) is 112 Å². The quantitative estimate of drug-likeness (QED) is 0.308. The number of ether oxygens (including phenoxy) is 1. The fourth-order valence-corrected chi connectivity index (χ4v) is 3.08. The molecule has 3 aromatic heterocycles. The summed E-state index contributed by atoms with van der Waals surface area (Å²) in [6.07, 6.45) is 1.57. The van der Waals surface area contributed by atoms with Gasteiger partial charge in [0.05, 0.1) is 12.8 Å². The molecule has 28 heavy (non-hydrogen) atoms. The van der Waals surface area contributed by atoms with Gasteiger partial charge in [0.1, 0.15) is 5.58 Å². The number of benzene rings is 1. The molecule has 4 rings (SSSR count). The summed E-state index contributed by atoms with van der Waals surface area (Å²) in [6, 6.07) is 12.3. The second kappa shape index (κ2) is 7.03. The minimum atomic E-state index is -0.583. The van der Waals surface area contributed by atoms with E-state index >= 15 is 0 Å². The van der Waals surface area contributed by atoms with Crippen LogP contribution in [0.15, 0.2) is 53.1 Å². The molecule has 0 spiro atoms. The normalized spacial score (nSPS) is 11.0. The Hall–Kier alpha value is -3.88. The number of nitro groups is 1. The summed E-state index contributed by atoms with van der Waals surface area (Å²) in [4.78, 5) is 27.6. The van der Waals surface area contributed by atoms with E-state index in [-0.39, 0.29) is 30.5 Å². The van der Waals surface area contributed by atoms with Gasteiger partial charge >= 0.3 is 11.8 Å². The lowest BCUT2D eigenvalue weighted by Gasteiger charge is -2.05. The van der Waals surface area contributed by atoms with E-state index in [2.05, 4.69) is 10.3 Å². The van der Waals surface area contributed by atoms with Crippen LogP contribution in [-0.4, -0.2) is 26.9 Å². The average molecular weight is 380 g/mol. The molecular weight excluding hydrogens is 364 g/mol. The number of nitrogens with one attached hydrogen (secondary N) is 1. The van der Waals surface area contributed by atoms with E-state index in [1.54, 1.807) is 43.5 Å². The van der Waals surface area contributed by atoms with Gasteiger partial charge in [-0.2, -0.15) is 9.38 Å². The van der Waals surface area contributed by atoms with Gasteiger partial charge in [0.2, 0.25) is 17.2 Å². The van der Waals surface area contributed by atoms with Crippen LogP contribution in [0.2, 0.25) is 0 Å². The summed E-state index contributed by atoms with van der Waals surface area (Å²) < 4.78 is 12.1. The van der Waals surface area contributed by atoms with Gasteiger partial charge in [-0.25, -0.2) is 4.79 Å². The Morgan fingerprint density at radius 3 is 2.86 bits per heavy atom. The third-order valence-corrected chi connectivity index (χ3v) is 4.27. The highest BCUT2D eigenvalue weighted by Crippen LogP contribution is 2.30. The highest BCUT2D eigenvalue weighted by atomic mass is 16.6. The summed E-state index contributed by atoms with van der Waals surface area (Å²) >= 11 is 0. The summed E-state index contributed by atoms with van der Waals surface area (Å²) in [5.74, 6) is -0.584. The van der Waals surface area contributed by atoms with Crippen molar-refractivity contribution in [3.63, 3.8) is 0 Å². The van der Waals surface area contributed by atoms with Gasteiger partial charge in [-0.15, -0.1) is 0 Å². The molecule has 0 atom stereocenters. The van der Waals surface area contributed by atoms with Crippen LogP contribution >= 0.6 is 0 Å². The largest absolute Gasteiger partial charge is 0.460 e. The van der Waals surface area contributed by atoms with Crippen molar-refractivity contribution in [1.29, 1.82) is 0 Å². The Morgan fingerprint density at radius 2 is 2.07 bits per heavy atom. The summed E-state index contributed by atoms with van der Waals surface area (Å²) in [7, 11) is 0. The second-order valence-electron chi connectivity index (χ2n) is 5.95. The van der Waals surface area contributed by atoms with E-state index in [0.717, 1.165) is 5.39 Å². The van der Waals surface area contributed by atoms with Crippen LogP contribution in [-0.2, 0) is 11.3 Å². The maximum absolute atomic E-state index is 12.3. The highest BCUT2D eigenvalue weighted by molar-refractivity contribution is 5.96. The highest BCUT2D eigenvalue weighted by Gasteiger charge is 2.25. The van der Waals surface area contributed by atoms with Crippen molar-refractivity contribution in [2.75, 3.05) is 11.9 Å². The molecule has 0 saturated heterocycles. The van der Waals surface area contributed by atoms with Crippen molar-refractivity contribution in [3.8, 4) is 0 Å². The maximum atomic E-state index is 12.3. The van der Waals surface area contributed by atoms with Crippen molar-refractivity contribution in [1.82, 2.24) is 9.38 Å². The van der Waals surface area contributed by atoms with Gasteiger partial charge in [-0.3, -0.25) is 0 Å². The number of aromatic nitrogens is 2. The van der Waals surface area contributed by atoms with Crippen molar-refractivity contribution < 1.29 is 18.9 Å². The molecule has 0 radical (unpaired) electrons. The van der Waals surface area contributed by atoms with Crippen LogP contribution in [0.5, 0.6) is 0 Å². The summed E-state index contributed by atoms with van der Waals surface area (Å²) in [5.41, 5.74) is 1.53. The number of imidazole rings is 1. The van der Waals surface area contributed by atoms with Gasteiger partial charge in [0.25, 0.3) is 0 Å². The van der Waals surface area contributed by atoms with Crippen LogP contribution in [0.4, 0.5) is 11.6 Å². The van der Waals surface area contributed by atoms with Crippen molar-refractivity contribution >= 4 is 34.2 Å². The average Bonchev–Trinajstić information content (AvgIpc) is 3.24. The molecule has 1 aromatic carbocycles. The van der Waals surface area contributed by atoms with E-state index in [9.17, 15) is 14.9 Å². The molecular formula is C19H16N4O5. The molecule has 4 aromatic rings. The minimum Gasteiger partial charge on any atom is -0.460 e. The molecule has 9 nitrogen and oxygen atoms in total. The van der Waals surface area contributed by atoms with Crippen molar-refractivity contribution in [3.05, 3.63) is 70.1 Å². The molecule has 0 bridgehead atoms. The lowest BCUT2D eigenvalue weighted by molar-refractivity contribution is -0.389. The number of esters is 1. The van der Waals surface area contributed by atoms with Gasteiger partial charge in [-0.1, -0.05) is 24.3 Å². The minimum absolute atomic E-state index is 0.0713. The van der Waals surface area contributed by atoms with Crippen LogP contribution in [0.1, 0.15) is 23.0 Å². The number of carbonyl (C=O) groups excluding carboxylic acids is 1. The zero-order chi connectivity index (χ0) is 19.7. The molecule has 0 aliphatic carbocycles. The lowest BCUT2D eigenvalue weighted by Crippen LogP contribution is -2.09. The van der Waals surface area contributed by atoms with E-state index in [1.165, 1.54) is 4.40 Å². The number of pyridine rings is 1. The predicted molar refractivity (Wildman–Crippen MR) is 101 cm³/mol. The standard InChI is InChI=1S/C19H16N4O5/c1-2-27-19(24)16-13(12-7-3-4-8-14(12)28-16)11-20-17-18(23(25)26)22-10-6-5-9-15(22)21-17/h3-10,20H,2,11H2,1H3. The first kappa shape index (κ1) is 17.5. The van der Waals surface area contributed by atoms with Crippen molar-refractivity contribution in [2.45, 2.75) is 13.5 Å². The Balaban J connectivity index is 1.74. The summed E-state index contributed by atoms with van der Waals surface area (Å²) in [6.45, 7) is 2.02. The van der Waals surface area contributed by atoms with Crippen molar-refractivity contribution in [2.24, 2.45) is 0 Å². The van der Waals surface area contributed by atoms with E-state index in [4.69, 9.17) is 9.15 Å². The fraction of sp³-hybridized carbons (Fsp3) is 0.158. The van der Waals surface area contributed by atoms with Crippen LogP contribution in [0.3, 0.4) is 0 Å². The molecule has 142 valence electrons. The number of hydrogen-bond donors (Lipinski definition) is 1. The van der Waals surface area contributed by atoms with Gasteiger partial charge in [0.15, 0.2) is 0 Å². The number of para-hydroxylation sites is 1. The number of fused-ring (bicyclic) bond motifs is 2. The molecule has 0 aliphatic heterocycles. The van der Waals surface area contributed by atoms with Crippen LogP contribution < -0.4 is 5.32 Å². The Labute approximate surface area is 158 Å². The van der Waals surface area contributed by atoms with E-state index < -0.39 is 10.9 Å². The predicted octanol–water partition coefficient (Wildman–Crippen LogP) is 3.78. The van der Waals surface area contributed by atoms with E-state index in [0.29, 0.717) is 16.8 Å². The maximum Gasteiger partial charge on any atom is 0.374 e. The molecule has 1 N–H and O–H groups in total. The number of carbonyl (C=O) groups is 1. The lowest BCUT2D eigenvalue weighted by atomic mass is 10.1. The molecule has 9 heteroatoms. The number of rotatable bonds is 6. The molecule has 0 fully saturated rings. The molecule has 0 unspecified atom stereocenters. The molecule has 0 saturated carbocycles. The van der Waals surface area contributed by atoms with Crippen LogP contribution in [0, 0.1) is 10.1 Å². The third kappa shape index (κ3) is 2.92. The summed E-state index contributed by atoms with van der Waals surface area (Å²) in [5, 5.41) is 15.2. The molecule has 0 amide bonds. The SMILES string of the molecule is CCOC(=O)c1oc2ccccc2c1CNc1nc2ccccn2c1[N+](=O)[O-]. The first-order valence-corrected chi connectivity index (χ1v) is 8.63. The molecule has 3 heterocycles. The number of anilines is 1. The smallest absolute Gasteiger partial charge is 0.374 e. The molecule has 0 aliphatic rings. The zero-order valence-corrected chi connectivity index (χ0v) is 14.9.